The van der Waals surface area contributed by atoms with Crippen molar-refractivity contribution in [3.8, 4) is 0 Å². The Bertz CT molecular complexity index is 436. The summed E-state index contributed by atoms with van der Waals surface area (Å²) in [6.07, 6.45) is 2.08. The lowest BCUT2D eigenvalue weighted by Gasteiger charge is -2.32. The molecule has 1 fully saturated rings. The lowest BCUT2D eigenvalue weighted by Crippen LogP contribution is -2.37. The van der Waals surface area contributed by atoms with Crippen molar-refractivity contribution in [2.75, 3.05) is 43.6 Å². The van der Waals surface area contributed by atoms with Crippen LogP contribution in [-0.2, 0) is 16.1 Å². The second-order valence-corrected chi connectivity index (χ2v) is 5.15. The number of aromatic nitrogens is 2. The van der Waals surface area contributed by atoms with Crippen LogP contribution in [0.2, 0.25) is 0 Å². The van der Waals surface area contributed by atoms with Crippen molar-refractivity contribution in [1.29, 1.82) is 0 Å². The van der Waals surface area contributed by atoms with E-state index in [4.69, 9.17) is 9.47 Å². The van der Waals surface area contributed by atoms with Crippen molar-refractivity contribution in [2.24, 2.45) is 0 Å². The molecule has 0 saturated carbocycles. The van der Waals surface area contributed by atoms with E-state index in [9.17, 15) is 0 Å². The normalized spacial score (nSPS) is 16.0. The van der Waals surface area contributed by atoms with Crippen molar-refractivity contribution in [3.63, 3.8) is 0 Å². The van der Waals surface area contributed by atoms with Crippen LogP contribution in [0.5, 0.6) is 0 Å². The first-order chi connectivity index (χ1) is 10.2. The smallest absolute Gasteiger partial charge is 0.158 e. The zero-order chi connectivity index (χ0) is 15.1. The molecule has 0 unspecified atom stereocenters. The van der Waals surface area contributed by atoms with Gasteiger partial charge in [0.1, 0.15) is 18.2 Å². The Kier molecular flexibility index (Phi) is 6.20. The van der Waals surface area contributed by atoms with E-state index in [1.807, 2.05) is 13.0 Å². The van der Waals surface area contributed by atoms with Gasteiger partial charge in [0.25, 0.3) is 0 Å². The average molecular weight is 294 g/mol. The Morgan fingerprint density at radius 3 is 2.76 bits per heavy atom. The number of nitrogens with zero attached hydrogens (tertiary/aromatic N) is 3. The SMILES string of the molecule is CCNc1cc(N(C)C2CCOCC2)nc(COCC)n1. The molecule has 21 heavy (non-hydrogen) atoms. The molecule has 0 bridgehead atoms. The summed E-state index contributed by atoms with van der Waals surface area (Å²) < 4.78 is 10.9. The first-order valence-corrected chi connectivity index (χ1v) is 7.74. The number of rotatable bonds is 7. The molecular formula is C15H26N4O2. The fraction of sp³-hybridized carbons (Fsp3) is 0.733. The monoisotopic (exact) mass is 294 g/mol. The van der Waals surface area contributed by atoms with Crippen LogP contribution in [-0.4, -0.2) is 49.4 Å². The van der Waals surface area contributed by atoms with Gasteiger partial charge in [0.05, 0.1) is 0 Å². The summed E-state index contributed by atoms with van der Waals surface area (Å²) in [5, 5.41) is 3.26. The molecule has 1 N–H and O–H groups in total. The van der Waals surface area contributed by atoms with E-state index in [-0.39, 0.29) is 0 Å². The van der Waals surface area contributed by atoms with Gasteiger partial charge in [0.15, 0.2) is 5.82 Å². The molecule has 6 nitrogen and oxygen atoms in total. The first kappa shape index (κ1) is 16.0. The van der Waals surface area contributed by atoms with E-state index in [2.05, 4.69) is 34.2 Å². The Morgan fingerprint density at radius 2 is 2.10 bits per heavy atom. The van der Waals surface area contributed by atoms with Crippen LogP contribution in [0.4, 0.5) is 11.6 Å². The van der Waals surface area contributed by atoms with Crippen LogP contribution in [0.25, 0.3) is 0 Å². The third-order valence-corrected chi connectivity index (χ3v) is 3.65. The van der Waals surface area contributed by atoms with E-state index in [0.717, 1.165) is 50.1 Å². The maximum atomic E-state index is 5.44. The molecule has 2 rings (SSSR count). The molecule has 118 valence electrons. The van der Waals surface area contributed by atoms with Gasteiger partial charge >= 0.3 is 0 Å². The number of anilines is 2. The van der Waals surface area contributed by atoms with E-state index in [0.29, 0.717) is 19.3 Å². The molecule has 0 aromatic carbocycles. The van der Waals surface area contributed by atoms with Gasteiger partial charge in [-0.15, -0.1) is 0 Å². The van der Waals surface area contributed by atoms with Crippen LogP contribution in [0.15, 0.2) is 6.07 Å². The van der Waals surface area contributed by atoms with Crippen molar-refractivity contribution < 1.29 is 9.47 Å². The summed E-state index contributed by atoms with van der Waals surface area (Å²) in [6.45, 7) is 7.64. The zero-order valence-corrected chi connectivity index (χ0v) is 13.3. The zero-order valence-electron chi connectivity index (χ0n) is 13.3. The lowest BCUT2D eigenvalue weighted by molar-refractivity contribution is 0.0853. The molecule has 0 amide bonds. The summed E-state index contributed by atoms with van der Waals surface area (Å²) >= 11 is 0. The minimum absolute atomic E-state index is 0.449. The first-order valence-electron chi connectivity index (χ1n) is 7.74. The molecule has 0 spiro atoms. The van der Waals surface area contributed by atoms with Gasteiger partial charge in [-0.05, 0) is 26.7 Å². The predicted molar refractivity (Wildman–Crippen MR) is 83.8 cm³/mol. The Morgan fingerprint density at radius 1 is 1.33 bits per heavy atom. The number of hydrogen-bond donors (Lipinski definition) is 1. The molecule has 1 aliphatic heterocycles. The maximum Gasteiger partial charge on any atom is 0.158 e. The van der Waals surface area contributed by atoms with Gasteiger partial charge in [0.2, 0.25) is 0 Å². The van der Waals surface area contributed by atoms with Crippen LogP contribution in [0, 0.1) is 0 Å². The van der Waals surface area contributed by atoms with Crippen molar-refractivity contribution in [2.45, 2.75) is 39.3 Å². The third-order valence-electron chi connectivity index (χ3n) is 3.65. The van der Waals surface area contributed by atoms with E-state index in [1.54, 1.807) is 0 Å². The fourth-order valence-electron chi connectivity index (χ4n) is 2.45. The molecule has 1 aromatic heterocycles. The summed E-state index contributed by atoms with van der Waals surface area (Å²) in [6, 6.07) is 2.48. The van der Waals surface area contributed by atoms with E-state index in [1.165, 1.54) is 0 Å². The van der Waals surface area contributed by atoms with Crippen molar-refractivity contribution in [1.82, 2.24) is 9.97 Å². The average Bonchev–Trinajstić information content (AvgIpc) is 2.53. The lowest BCUT2D eigenvalue weighted by atomic mass is 10.1. The van der Waals surface area contributed by atoms with E-state index >= 15 is 0 Å². The molecule has 0 aliphatic carbocycles. The highest BCUT2D eigenvalue weighted by molar-refractivity contribution is 5.49. The molecule has 6 heteroatoms. The minimum Gasteiger partial charge on any atom is -0.381 e. The molecule has 0 radical (unpaired) electrons. The van der Waals surface area contributed by atoms with Gasteiger partial charge in [-0.3, -0.25) is 0 Å². The standard InChI is InChI=1S/C15H26N4O2/c1-4-16-13-10-15(18-14(17-13)11-20-5-2)19(3)12-6-8-21-9-7-12/h10,12H,4-9,11H2,1-3H3,(H,16,17,18). The molecule has 1 aromatic rings. The Labute approximate surface area is 126 Å². The molecule has 1 aliphatic rings. The number of nitrogens with one attached hydrogen (secondary N) is 1. The number of ether oxygens (including phenoxy) is 2. The predicted octanol–water partition coefficient (Wildman–Crippen LogP) is 2.06. The maximum absolute atomic E-state index is 5.44. The summed E-state index contributed by atoms with van der Waals surface area (Å²) in [5.74, 6) is 2.53. The summed E-state index contributed by atoms with van der Waals surface area (Å²) in [5.41, 5.74) is 0. The largest absolute Gasteiger partial charge is 0.381 e. The van der Waals surface area contributed by atoms with Gasteiger partial charge in [-0.1, -0.05) is 0 Å². The quantitative estimate of drug-likeness (QED) is 0.830. The van der Waals surface area contributed by atoms with Crippen molar-refractivity contribution >= 4 is 11.6 Å². The number of hydrogen-bond acceptors (Lipinski definition) is 6. The summed E-state index contributed by atoms with van der Waals surface area (Å²) in [4.78, 5) is 11.4. The third kappa shape index (κ3) is 4.54. The van der Waals surface area contributed by atoms with Gasteiger partial charge in [-0.2, -0.15) is 0 Å². The second-order valence-electron chi connectivity index (χ2n) is 5.15. The van der Waals surface area contributed by atoms with E-state index < -0.39 is 0 Å². The topological polar surface area (TPSA) is 59.5 Å². The van der Waals surface area contributed by atoms with Gasteiger partial charge in [0, 0.05) is 45.5 Å². The van der Waals surface area contributed by atoms with Crippen LogP contribution >= 0.6 is 0 Å². The molecule has 2 heterocycles. The fourth-order valence-corrected chi connectivity index (χ4v) is 2.45. The Balaban J connectivity index is 2.16. The highest BCUT2D eigenvalue weighted by Crippen LogP contribution is 2.22. The highest BCUT2D eigenvalue weighted by Gasteiger charge is 2.20. The van der Waals surface area contributed by atoms with Crippen LogP contribution in [0.3, 0.4) is 0 Å². The molecule has 0 atom stereocenters. The summed E-state index contributed by atoms with van der Waals surface area (Å²) in [7, 11) is 2.10. The minimum atomic E-state index is 0.449. The Hall–Kier alpha value is -1.40. The second kappa shape index (κ2) is 8.14. The van der Waals surface area contributed by atoms with Crippen LogP contribution in [0.1, 0.15) is 32.5 Å². The van der Waals surface area contributed by atoms with Gasteiger partial charge < -0.3 is 19.7 Å². The molecular weight excluding hydrogens is 268 g/mol. The molecule has 1 saturated heterocycles. The van der Waals surface area contributed by atoms with Crippen molar-refractivity contribution in [3.05, 3.63) is 11.9 Å². The van der Waals surface area contributed by atoms with Crippen LogP contribution < -0.4 is 10.2 Å². The van der Waals surface area contributed by atoms with Gasteiger partial charge in [-0.25, -0.2) is 9.97 Å². The highest BCUT2D eigenvalue weighted by atomic mass is 16.5.